The van der Waals surface area contributed by atoms with Gasteiger partial charge in [-0.2, -0.15) is 0 Å². The zero-order valence-corrected chi connectivity index (χ0v) is 12.6. The number of nitrogens with one attached hydrogen (secondary N) is 1. The summed E-state index contributed by atoms with van der Waals surface area (Å²) in [5.41, 5.74) is 4.93. The van der Waals surface area contributed by atoms with Crippen molar-refractivity contribution >= 4 is 26.0 Å². The van der Waals surface area contributed by atoms with Crippen LogP contribution in [0.1, 0.15) is 12.8 Å². The van der Waals surface area contributed by atoms with Crippen LogP contribution >= 0.6 is 0 Å². The summed E-state index contributed by atoms with van der Waals surface area (Å²) in [5.74, 6) is -1.83. The van der Waals surface area contributed by atoms with E-state index < -0.39 is 32.1 Å². The fraction of sp³-hybridized carbons (Fsp3) is 0.727. The van der Waals surface area contributed by atoms with Gasteiger partial charge in [0.15, 0.2) is 0 Å². The molecule has 0 spiro atoms. The van der Waals surface area contributed by atoms with Crippen LogP contribution in [0.4, 0.5) is 4.79 Å². The third-order valence-electron chi connectivity index (χ3n) is 2.35. The number of alkyl carbamates (subject to hydrolysis) is 1. The second kappa shape index (κ2) is 7.77. The normalized spacial score (nSPS) is 12.6. The first-order valence-corrected chi connectivity index (χ1v) is 9.77. The van der Waals surface area contributed by atoms with Crippen molar-refractivity contribution < 1.29 is 24.2 Å². The van der Waals surface area contributed by atoms with Crippen LogP contribution in [0.3, 0.4) is 0 Å². The molecule has 0 aliphatic rings. The van der Waals surface area contributed by atoms with Crippen molar-refractivity contribution in [2.24, 2.45) is 5.73 Å². The Kier molecular flexibility index (Phi) is 7.13. The predicted molar refractivity (Wildman–Crippen MR) is 72.5 cm³/mol. The Morgan fingerprint density at radius 2 is 1.89 bits per heavy atom. The van der Waals surface area contributed by atoms with Crippen LogP contribution in [-0.2, 0) is 14.3 Å². The fourth-order valence-corrected chi connectivity index (χ4v) is 1.89. The largest absolute Gasteiger partial charge is 0.480 e. The van der Waals surface area contributed by atoms with Gasteiger partial charge >= 0.3 is 12.1 Å². The second-order valence-corrected chi connectivity index (χ2v) is 11.1. The third kappa shape index (κ3) is 10.1. The Morgan fingerprint density at radius 1 is 1.32 bits per heavy atom. The van der Waals surface area contributed by atoms with E-state index in [9.17, 15) is 14.4 Å². The van der Waals surface area contributed by atoms with E-state index in [4.69, 9.17) is 15.6 Å². The average molecular weight is 290 g/mol. The Balaban J connectivity index is 4.10. The van der Waals surface area contributed by atoms with Gasteiger partial charge < -0.3 is 20.9 Å². The van der Waals surface area contributed by atoms with Gasteiger partial charge in [0.2, 0.25) is 5.91 Å². The highest BCUT2D eigenvalue weighted by atomic mass is 28.3. The molecule has 0 aliphatic heterocycles. The van der Waals surface area contributed by atoms with Crippen molar-refractivity contribution in [1.82, 2.24) is 5.32 Å². The minimum atomic E-state index is -1.30. The zero-order chi connectivity index (χ0) is 15.1. The van der Waals surface area contributed by atoms with E-state index >= 15 is 0 Å². The molecule has 0 saturated heterocycles. The molecule has 4 N–H and O–H groups in total. The monoisotopic (exact) mass is 290 g/mol. The fourth-order valence-electron chi connectivity index (χ4n) is 1.18. The van der Waals surface area contributed by atoms with Crippen LogP contribution in [0.15, 0.2) is 0 Å². The van der Waals surface area contributed by atoms with E-state index in [-0.39, 0.29) is 19.4 Å². The maximum Gasteiger partial charge on any atom is 0.407 e. The van der Waals surface area contributed by atoms with Crippen molar-refractivity contribution in [2.75, 3.05) is 6.61 Å². The lowest BCUT2D eigenvalue weighted by molar-refractivity contribution is -0.139. The number of primary amides is 1. The molecular formula is C11H22N2O5Si. The van der Waals surface area contributed by atoms with Crippen LogP contribution in [0.25, 0.3) is 0 Å². The number of amides is 2. The van der Waals surface area contributed by atoms with Gasteiger partial charge in [-0.3, -0.25) is 4.79 Å². The molecule has 0 radical (unpaired) electrons. The number of ether oxygens (including phenoxy) is 1. The zero-order valence-electron chi connectivity index (χ0n) is 11.6. The predicted octanol–water partition coefficient (Wildman–Crippen LogP) is 0.770. The molecule has 0 unspecified atom stereocenters. The summed E-state index contributed by atoms with van der Waals surface area (Å²) in [6.07, 6.45) is -0.935. The number of rotatable bonds is 8. The first-order valence-electron chi connectivity index (χ1n) is 6.06. The molecule has 0 saturated carbocycles. The smallest absolute Gasteiger partial charge is 0.407 e. The molecule has 110 valence electrons. The van der Waals surface area contributed by atoms with Gasteiger partial charge in [0.25, 0.3) is 0 Å². The molecule has 0 rings (SSSR count). The van der Waals surface area contributed by atoms with E-state index in [1.54, 1.807) is 0 Å². The summed E-state index contributed by atoms with van der Waals surface area (Å²) in [7, 11) is -1.30. The highest BCUT2D eigenvalue weighted by molar-refractivity contribution is 6.76. The second-order valence-electron chi connectivity index (χ2n) is 5.49. The Bertz CT molecular complexity index is 340. The van der Waals surface area contributed by atoms with Crippen molar-refractivity contribution in [1.29, 1.82) is 0 Å². The molecule has 0 aromatic carbocycles. The Hall–Kier alpha value is -1.57. The number of hydrogen-bond acceptors (Lipinski definition) is 4. The van der Waals surface area contributed by atoms with E-state index in [0.29, 0.717) is 0 Å². The minimum Gasteiger partial charge on any atom is -0.480 e. The van der Waals surface area contributed by atoms with Crippen molar-refractivity contribution in [3.05, 3.63) is 0 Å². The van der Waals surface area contributed by atoms with Crippen molar-refractivity contribution in [3.63, 3.8) is 0 Å². The molecule has 0 aliphatic carbocycles. The molecule has 0 aromatic heterocycles. The number of carboxylic acid groups (broad SMARTS) is 1. The number of hydrogen-bond donors (Lipinski definition) is 3. The highest BCUT2D eigenvalue weighted by Crippen LogP contribution is 2.07. The number of aliphatic carboxylic acids is 1. The molecular weight excluding hydrogens is 268 g/mol. The van der Waals surface area contributed by atoms with E-state index in [1.807, 2.05) is 0 Å². The summed E-state index contributed by atoms with van der Waals surface area (Å²) in [6, 6.07) is -0.355. The number of carbonyl (C=O) groups excluding carboxylic acids is 2. The third-order valence-corrected chi connectivity index (χ3v) is 4.06. The quantitative estimate of drug-likeness (QED) is 0.570. The summed E-state index contributed by atoms with van der Waals surface area (Å²) in [4.78, 5) is 32.8. The number of carbonyl (C=O) groups is 3. The number of nitrogens with two attached hydrogens (primary N) is 1. The summed E-state index contributed by atoms with van der Waals surface area (Å²) < 4.78 is 4.91. The lowest BCUT2D eigenvalue weighted by Gasteiger charge is -2.17. The Labute approximate surface area is 113 Å². The standard InChI is InChI=1S/C11H22N2O5Si/c1-19(2,3)7-6-18-11(17)13-8(10(15)16)4-5-9(12)14/h8H,4-7H2,1-3H3,(H2,12,14)(H,13,17)(H,15,16)/t8-/m0/s1. The average Bonchev–Trinajstić information content (AvgIpc) is 2.21. The highest BCUT2D eigenvalue weighted by Gasteiger charge is 2.21. The topological polar surface area (TPSA) is 119 Å². The molecule has 0 heterocycles. The van der Waals surface area contributed by atoms with Crippen LogP contribution < -0.4 is 11.1 Å². The molecule has 7 nitrogen and oxygen atoms in total. The van der Waals surface area contributed by atoms with E-state index in [2.05, 4.69) is 25.0 Å². The van der Waals surface area contributed by atoms with Gasteiger partial charge in [-0.25, -0.2) is 9.59 Å². The molecule has 19 heavy (non-hydrogen) atoms. The minimum absolute atomic E-state index is 0.0478. The lowest BCUT2D eigenvalue weighted by atomic mass is 10.1. The van der Waals surface area contributed by atoms with Gasteiger partial charge in [-0.15, -0.1) is 0 Å². The molecule has 1 atom stereocenters. The van der Waals surface area contributed by atoms with E-state index in [1.165, 1.54) is 0 Å². The molecule has 0 fully saturated rings. The van der Waals surface area contributed by atoms with Crippen LogP contribution in [-0.4, -0.2) is 43.8 Å². The molecule has 2 amide bonds. The first kappa shape index (κ1) is 17.4. The van der Waals surface area contributed by atoms with Gasteiger partial charge in [-0.05, 0) is 12.5 Å². The maximum atomic E-state index is 11.4. The Morgan fingerprint density at radius 3 is 2.32 bits per heavy atom. The SMILES string of the molecule is C[Si](C)(C)CCOC(=O)N[C@@H](CCC(N)=O)C(=O)O. The van der Waals surface area contributed by atoms with Gasteiger partial charge in [0, 0.05) is 14.5 Å². The lowest BCUT2D eigenvalue weighted by Crippen LogP contribution is -2.42. The van der Waals surface area contributed by atoms with Gasteiger partial charge in [0.1, 0.15) is 6.04 Å². The van der Waals surface area contributed by atoms with Crippen LogP contribution in [0, 0.1) is 0 Å². The summed E-state index contributed by atoms with van der Waals surface area (Å²) >= 11 is 0. The molecule has 0 bridgehead atoms. The van der Waals surface area contributed by atoms with Gasteiger partial charge in [-0.1, -0.05) is 19.6 Å². The van der Waals surface area contributed by atoms with Crippen LogP contribution in [0.5, 0.6) is 0 Å². The molecule has 0 aromatic rings. The van der Waals surface area contributed by atoms with Gasteiger partial charge in [0.05, 0.1) is 6.61 Å². The maximum absolute atomic E-state index is 11.4. The van der Waals surface area contributed by atoms with Crippen molar-refractivity contribution in [2.45, 2.75) is 44.6 Å². The first-order chi connectivity index (χ1) is 8.61. The summed E-state index contributed by atoms with van der Waals surface area (Å²) in [6.45, 7) is 6.69. The summed E-state index contributed by atoms with van der Waals surface area (Å²) in [5, 5.41) is 11.1. The molecule has 8 heteroatoms. The van der Waals surface area contributed by atoms with Crippen LogP contribution in [0.2, 0.25) is 25.7 Å². The van der Waals surface area contributed by atoms with Crippen molar-refractivity contribution in [3.8, 4) is 0 Å². The number of carboxylic acids is 1. The van der Waals surface area contributed by atoms with E-state index in [0.717, 1.165) is 6.04 Å².